The molecule has 0 radical (unpaired) electrons. The van der Waals surface area contributed by atoms with Gasteiger partial charge < -0.3 is 5.11 Å². The lowest BCUT2D eigenvalue weighted by atomic mass is 10.4. The number of aliphatic imine (C=N–C) groups is 1. The van der Waals surface area contributed by atoms with Crippen molar-refractivity contribution in [2.75, 3.05) is 0 Å². The summed E-state index contributed by atoms with van der Waals surface area (Å²) >= 11 is 0. The minimum Gasteiger partial charge on any atom is -0.506 e. The lowest BCUT2D eigenvalue weighted by Gasteiger charge is -1.86. The van der Waals surface area contributed by atoms with Crippen LogP contribution in [-0.2, 0) is 0 Å². The number of aliphatic hydroxyl groups is 1. The molecule has 1 N–H and O–H groups in total. The average Bonchev–Trinajstić information content (AvgIpc) is 1.79. The van der Waals surface area contributed by atoms with Gasteiger partial charge in [0.25, 0.3) is 0 Å². The van der Waals surface area contributed by atoms with Crippen molar-refractivity contribution < 1.29 is 5.11 Å². The summed E-state index contributed by atoms with van der Waals surface area (Å²) in [6, 6.07) is 0. The minimum absolute atomic E-state index is 0.176. The van der Waals surface area contributed by atoms with E-state index in [2.05, 4.69) is 4.99 Å². The molecule has 0 aromatic heterocycles. The van der Waals surface area contributed by atoms with Crippen LogP contribution in [0.1, 0.15) is 0 Å². The predicted molar refractivity (Wildman–Crippen MR) is 37.5 cm³/mol. The van der Waals surface area contributed by atoms with Crippen LogP contribution in [0.3, 0.4) is 0 Å². The van der Waals surface area contributed by atoms with Gasteiger partial charge in [-0.3, -0.25) is 4.99 Å². The van der Waals surface area contributed by atoms with Gasteiger partial charge in [0, 0.05) is 6.20 Å². The van der Waals surface area contributed by atoms with E-state index in [4.69, 9.17) is 5.11 Å². The van der Waals surface area contributed by atoms with E-state index in [1.54, 1.807) is 30.5 Å². The van der Waals surface area contributed by atoms with Gasteiger partial charge in [-0.1, -0.05) is 12.2 Å². The molecule has 0 bridgehead atoms. The average molecular weight is 121 g/mol. The summed E-state index contributed by atoms with van der Waals surface area (Å²) in [7, 11) is 0. The van der Waals surface area contributed by atoms with Gasteiger partial charge in [-0.2, -0.15) is 0 Å². The topological polar surface area (TPSA) is 32.6 Å². The number of nitrogens with zero attached hydrogens (tertiary/aromatic N) is 1. The molecule has 1 aliphatic heterocycles. The van der Waals surface area contributed by atoms with Gasteiger partial charge in [-0.15, -0.1) is 0 Å². The molecule has 0 saturated heterocycles. The lowest BCUT2D eigenvalue weighted by Crippen LogP contribution is -1.79. The van der Waals surface area contributed by atoms with Crippen molar-refractivity contribution in [1.82, 2.24) is 0 Å². The zero-order valence-corrected chi connectivity index (χ0v) is 4.86. The van der Waals surface area contributed by atoms with Gasteiger partial charge >= 0.3 is 0 Å². The summed E-state index contributed by atoms with van der Waals surface area (Å²) in [4.78, 5) is 3.74. The van der Waals surface area contributed by atoms with Crippen LogP contribution in [0.15, 0.2) is 41.3 Å². The molecular weight excluding hydrogens is 114 g/mol. The van der Waals surface area contributed by atoms with Crippen LogP contribution in [0, 0.1) is 0 Å². The van der Waals surface area contributed by atoms with Gasteiger partial charge in [-0.05, 0) is 12.2 Å². The van der Waals surface area contributed by atoms with E-state index in [0.29, 0.717) is 0 Å². The number of hydrogen-bond donors (Lipinski definition) is 1. The normalized spacial score (nSPS) is 33.1. The van der Waals surface area contributed by atoms with Gasteiger partial charge in [0.1, 0.15) is 5.76 Å². The van der Waals surface area contributed by atoms with Crippen LogP contribution < -0.4 is 0 Å². The highest BCUT2D eigenvalue weighted by atomic mass is 16.3. The fraction of sp³-hybridized carbons (Fsp3) is 0. The Morgan fingerprint density at radius 1 is 1.22 bits per heavy atom. The summed E-state index contributed by atoms with van der Waals surface area (Å²) < 4.78 is 0. The molecule has 9 heavy (non-hydrogen) atoms. The molecule has 0 aliphatic carbocycles. The summed E-state index contributed by atoms with van der Waals surface area (Å²) in [5.41, 5.74) is 0. The fourth-order valence-corrected chi connectivity index (χ4v) is 0.480. The van der Waals surface area contributed by atoms with Crippen LogP contribution in [0.5, 0.6) is 0 Å². The highest BCUT2D eigenvalue weighted by molar-refractivity contribution is 5.76. The van der Waals surface area contributed by atoms with Crippen molar-refractivity contribution in [3.05, 3.63) is 36.3 Å². The van der Waals surface area contributed by atoms with Crippen LogP contribution in [0.25, 0.3) is 0 Å². The zero-order chi connectivity index (χ0) is 6.53. The Morgan fingerprint density at radius 2 is 2.11 bits per heavy atom. The van der Waals surface area contributed by atoms with Gasteiger partial charge in [-0.25, -0.2) is 0 Å². The van der Waals surface area contributed by atoms with Crippen molar-refractivity contribution in [3.63, 3.8) is 0 Å². The first-order valence-corrected chi connectivity index (χ1v) is 2.65. The molecule has 0 saturated carbocycles. The second-order valence-electron chi connectivity index (χ2n) is 1.60. The fourth-order valence-electron chi connectivity index (χ4n) is 0.480. The van der Waals surface area contributed by atoms with Crippen LogP contribution in [0.2, 0.25) is 0 Å². The highest BCUT2D eigenvalue weighted by Crippen LogP contribution is 1.90. The standard InChI is InChI=1S/C7H7NO/c9-7-4-2-1-3-5-8-6-7/h1-6,9H/b2-1-,3-1?,4-2?,5-3-,7-4+,7-6?,8-5?,8-6-. The van der Waals surface area contributed by atoms with Crippen LogP contribution in [0.4, 0.5) is 0 Å². The molecule has 0 spiro atoms. The SMILES string of the molecule is OC1=C/C=C\C=C/N=C\1. The molecular formula is C7H7NO. The van der Waals surface area contributed by atoms with Crippen molar-refractivity contribution in [2.45, 2.75) is 0 Å². The van der Waals surface area contributed by atoms with Crippen molar-refractivity contribution >= 4 is 6.21 Å². The van der Waals surface area contributed by atoms with E-state index in [1.807, 2.05) is 0 Å². The maximum atomic E-state index is 8.84. The third kappa shape index (κ3) is 1.95. The molecule has 1 aliphatic rings. The smallest absolute Gasteiger partial charge is 0.133 e. The van der Waals surface area contributed by atoms with E-state index in [1.165, 1.54) is 6.21 Å². The number of allylic oxidation sites excluding steroid dienone is 5. The molecule has 2 heteroatoms. The predicted octanol–water partition coefficient (Wildman–Crippen LogP) is 1.58. The Bertz CT molecular complexity index is 199. The van der Waals surface area contributed by atoms with Crippen molar-refractivity contribution in [3.8, 4) is 0 Å². The Labute approximate surface area is 53.5 Å². The first kappa shape index (κ1) is 5.82. The Hall–Kier alpha value is -1.31. The quantitative estimate of drug-likeness (QED) is 0.518. The second kappa shape index (κ2) is 2.87. The molecule has 0 aromatic rings. The largest absolute Gasteiger partial charge is 0.506 e. The Balaban J connectivity index is 2.77. The summed E-state index contributed by atoms with van der Waals surface area (Å²) in [5, 5.41) is 8.84. The highest BCUT2D eigenvalue weighted by Gasteiger charge is 1.81. The Morgan fingerprint density at radius 3 is 3.00 bits per heavy atom. The number of rotatable bonds is 0. The maximum absolute atomic E-state index is 8.84. The molecule has 0 amide bonds. The molecule has 1 rings (SSSR count). The molecule has 0 aromatic carbocycles. The number of aliphatic hydroxyl groups excluding tert-OH is 1. The molecule has 1 heterocycles. The van der Waals surface area contributed by atoms with Gasteiger partial charge in [0.15, 0.2) is 0 Å². The molecule has 46 valence electrons. The third-order valence-corrected chi connectivity index (χ3v) is 0.868. The summed E-state index contributed by atoms with van der Waals surface area (Å²) in [6.45, 7) is 0. The third-order valence-electron chi connectivity index (χ3n) is 0.868. The lowest BCUT2D eigenvalue weighted by molar-refractivity contribution is 0.446. The maximum Gasteiger partial charge on any atom is 0.133 e. The Kier molecular flexibility index (Phi) is 1.85. The second-order valence-corrected chi connectivity index (χ2v) is 1.60. The summed E-state index contributed by atoms with van der Waals surface area (Å²) in [6.07, 6.45) is 9.91. The van der Waals surface area contributed by atoms with Crippen molar-refractivity contribution in [1.29, 1.82) is 0 Å². The molecule has 0 unspecified atom stereocenters. The monoisotopic (exact) mass is 121 g/mol. The summed E-state index contributed by atoms with van der Waals surface area (Å²) in [5.74, 6) is 0.176. The van der Waals surface area contributed by atoms with E-state index < -0.39 is 0 Å². The number of hydrogen-bond acceptors (Lipinski definition) is 2. The van der Waals surface area contributed by atoms with Crippen molar-refractivity contribution in [2.24, 2.45) is 4.99 Å². The molecule has 0 fully saturated rings. The van der Waals surface area contributed by atoms with Gasteiger partial charge in [0.05, 0.1) is 6.21 Å². The molecule has 2 nitrogen and oxygen atoms in total. The minimum atomic E-state index is 0.176. The molecule has 0 atom stereocenters. The first-order chi connectivity index (χ1) is 4.39. The first-order valence-electron chi connectivity index (χ1n) is 2.65. The van der Waals surface area contributed by atoms with Crippen LogP contribution in [-0.4, -0.2) is 11.3 Å². The van der Waals surface area contributed by atoms with Crippen LogP contribution >= 0.6 is 0 Å². The van der Waals surface area contributed by atoms with E-state index in [9.17, 15) is 0 Å². The van der Waals surface area contributed by atoms with Gasteiger partial charge in [0.2, 0.25) is 0 Å². The van der Waals surface area contributed by atoms with E-state index >= 15 is 0 Å². The van der Waals surface area contributed by atoms with E-state index in [-0.39, 0.29) is 5.76 Å². The van der Waals surface area contributed by atoms with E-state index in [0.717, 1.165) is 0 Å². The zero-order valence-electron chi connectivity index (χ0n) is 4.86.